The molecule has 3 heterocycles. The van der Waals surface area contributed by atoms with E-state index >= 15 is 0 Å². The molecule has 3 aromatic heterocycles. The topological polar surface area (TPSA) is 88.2 Å². The maximum absolute atomic E-state index is 9.39. The summed E-state index contributed by atoms with van der Waals surface area (Å²) >= 11 is 0. The summed E-state index contributed by atoms with van der Waals surface area (Å²) in [6.45, 7) is 0. The van der Waals surface area contributed by atoms with Crippen molar-refractivity contribution in [1.82, 2.24) is 24.9 Å². The monoisotopic (exact) mass is 562 g/mol. The number of pyridine rings is 2. The molecule has 0 bridgehead atoms. The van der Waals surface area contributed by atoms with Gasteiger partial charge < -0.3 is 0 Å². The van der Waals surface area contributed by atoms with Crippen LogP contribution >= 0.6 is 0 Å². The molecule has 8 rings (SSSR count). The highest BCUT2D eigenvalue weighted by molar-refractivity contribution is 6.12. The highest BCUT2D eigenvalue weighted by Gasteiger charge is 2.15. The molecular formula is C38H22N6. The number of aromatic nitrogens is 5. The summed E-state index contributed by atoms with van der Waals surface area (Å²) in [4.78, 5) is 24.4. The molecule has 0 radical (unpaired) electrons. The van der Waals surface area contributed by atoms with E-state index in [1.54, 1.807) is 6.20 Å². The van der Waals surface area contributed by atoms with Gasteiger partial charge in [-0.15, -0.1) is 0 Å². The molecule has 6 nitrogen and oxygen atoms in total. The summed E-state index contributed by atoms with van der Waals surface area (Å²) in [6, 6.07) is 44.4. The molecule has 0 unspecified atom stereocenters. The fourth-order valence-corrected chi connectivity index (χ4v) is 5.60. The van der Waals surface area contributed by atoms with Crippen LogP contribution in [0.2, 0.25) is 0 Å². The third kappa shape index (κ3) is 4.50. The molecule has 6 heteroatoms. The number of nitriles is 1. The van der Waals surface area contributed by atoms with E-state index in [9.17, 15) is 5.26 Å². The van der Waals surface area contributed by atoms with Crippen LogP contribution in [-0.2, 0) is 0 Å². The van der Waals surface area contributed by atoms with Gasteiger partial charge in [0.05, 0.1) is 28.2 Å². The van der Waals surface area contributed by atoms with E-state index in [4.69, 9.17) is 24.9 Å². The van der Waals surface area contributed by atoms with Crippen LogP contribution < -0.4 is 0 Å². The fraction of sp³-hybridized carbons (Fsp3) is 0. The zero-order chi connectivity index (χ0) is 29.5. The second-order valence-electron chi connectivity index (χ2n) is 10.5. The lowest BCUT2D eigenvalue weighted by Gasteiger charge is -2.12. The van der Waals surface area contributed by atoms with E-state index in [1.807, 2.05) is 97.1 Å². The maximum atomic E-state index is 9.39. The van der Waals surface area contributed by atoms with Crippen LogP contribution in [0.1, 0.15) is 5.56 Å². The lowest BCUT2D eigenvalue weighted by molar-refractivity contribution is 1.07. The van der Waals surface area contributed by atoms with Crippen LogP contribution in [0.15, 0.2) is 134 Å². The SMILES string of the molecule is N#Cc1ccc2cc3cc(-c4cccc(-c5nc(-c6ccccc6)nc(-c6ccccc6)n5)c4)c4cccnc4c3nc2c1. The van der Waals surface area contributed by atoms with Gasteiger partial charge in [-0.25, -0.2) is 19.9 Å². The molecule has 0 spiro atoms. The van der Waals surface area contributed by atoms with Gasteiger partial charge in [-0.3, -0.25) is 4.98 Å². The molecule has 0 aliphatic rings. The molecule has 44 heavy (non-hydrogen) atoms. The molecule has 5 aromatic carbocycles. The van der Waals surface area contributed by atoms with E-state index in [-0.39, 0.29) is 0 Å². The largest absolute Gasteiger partial charge is 0.254 e. The van der Waals surface area contributed by atoms with Gasteiger partial charge in [0.25, 0.3) is 0 Å². The minimum Gasteiger partial charge on any atom is -0.254 e. The standard InChI is InChI=1S/C38H22N6/c39-23-24-16-17-28-21-30-22-32(31-15-8-18-40-35(31)34(30)41-33(28)19-24)27-13-7-14-29(20-27)38-43-36(25-9-3-1-4-10-25)42-37(44-38)26-11-5-2-6-12-26/h1-22H. The molecule has 8 aromatic rings. The Morgan fingerprint density at radius 1 is 0.477 bits per heavy atom. The minimum atomic E-state index is 0.583. The highest BCUT2D eigenvalue weighted by Crippen LogP contribution is 2.36. The predicted octanol–water partition coefficient (Wildman–Crippen LogP) is 8.66. The molecule has 0 saturated heterocycles. The summed E-state index contributed by atoms with van der Waals surface area (Å²) in [5.74, 6) is 1.85. The fourth-order valence-electron chi connectivity index (χ4n) is 5.60. The second-order valence-corrected chi connectivity index (χ2v) is 10.5. The Kier molecular flexibility index (Phi) is 6.06. The highest BCUT2D eigenvalue weighted by atomic mass is 15.0. The quantitative estimate of drug-likeness (QED) is 0.158. The first-order valence-electron chi connectivity index (χ1n) is 14.2. The summed E-state index contributed by atoms with van der Waals surface area (Å²) < 4.78 is 0. The van der Waals surface area contributed by atoms with Crippen molar-refractivity contribution >= 4 is 32.7 Å². The number of nitrogens with zero attached hydrogens (tertiary/aromatic N) is 6. The normalized spacial score (nSPS) is 11.2. The molecule has 0 aliphatic carbocycles. The Balaban J connectivity index is 1.32. The zero-order valence-corrected chi connectivity index (χ0v) is 23.4. The Morgan fingerprint density at radius 2 is 1.14 bits per heavy atom. The van der Waals surface area contributed by atoms with Crippen molar-refractivity contribution < 1.29 is 0 Å². The lowest BCUT2D eigenvalue weighted by atomic mass is 9.95. The molecule has 204 valence electrons. The molecule has 0 fully saturated rings. The average molecular weight is 563 g/mol. The summed E-state index contributed by atoms with van der Waals surface area (Å²) in [7, 11) is 0. The van der Waals surface area contributed by atoms with Crippen molar-refractivity contribution in [2.75, 3.05) is 0 Å². The zero-order valence-electron chi connectivity index (χ0n) is 23.4. The summed E-state index contributed by atoms with van der Waals surface area (Å²) in [5.41, 5.74) is 7.78. The van der Waals surface area contributed by atoms with Crippen LogP contribution in [0.3, 0.4) is 0 Å². The first kappa shape index (κ1) is 25.4. The number of hydrogen-bond donors (Lipinski definition) is 0. The van der Waals surface area contributed by atoms with Crippen molar-refractivity contribution in [1.29, 1.82) is 5.26 Å². The van der Waals surface area contributed by atoms with E-state index in [1.165, 1.54) is 0 Å². The smallest absolute Gasteiger partial charge is 0.164 e. The van der Waals surface area contributed by atoms with Crippen LogP contribution in [-0.4, -0.2) is 24.9 Å². The summed E-state index contributed by atoms with van der Waals surface area (Å²) in [5, 5.41) is 12.3. The van der Waals surface area contributed by atoms with Crippen LogP contribution in [0.25, 0.3) is 78.0 Å². The van der Waals surface area contributed by atoms with Gasteiger partial charge in [-0.2, -0.15) is 5.26 Å². The first-order valence-corrected chi connectivity index (χ1v) is 14.2. The number of fused-ring (bicyclic) bond motifs is 4. The van der Waals surface area contributed by atoms with Gasteiger partial charge in [0, 0.05) is 39.0 Å². The van der Waals surface area contributed by atoms with Gasteiger partial charge in [-0.05, 0) is 47.5 Å². The van der Waals surface area contributed by atoms with E-state index < -0.39 is 0 Å². The third-order valence-corrected chi connectivity index (χ3v) is 7.73. The van der Waals surface area contributed by atoms with Crippen molar-refractivity contribution in [3.63, 3.8) is 0 Å². The molecule has 0 N–H and O–H groups in total. The predicted molar refractivity (Wildman–Crippen MR) is 174 cm³/mol. The van der Waals surface area contributed by atoms with Gasteiger partial charge in [-0.1, -0.05) is 91.0 Å². The second kappa shape index (κ2) is 10.5. The Bertz CT molecular complexity index is 2340. The van der Waals surface area contributed by atoms with Crippen LogP contribution in [0.4, 0.5) is 0 Å². The molecule has 0 aliphatic heterocycles. The Hall–Kier alpha value is -6.32. The van der Waals surface area contributed by atoms with Crippen molar-refractivity contribution in [3.8, 4) is 51.4 Å². The van der Waals surface area contributed by atoms with Crippen LogP contribution in [0.5, 0.6) is 0 Å². The Labute approximate surface area is 253 Å². The van der Waals surface area contributed by atoms with E-state index in [0.29, 0.717) is 23.0 Å². The van der Waals surface area contributed by atoms with Gasteiger partial charge in [0.15, 0.2) is 17.5 Å². The number of rotatable bonds is 4. The van der Waals surface area contributed by atoms with Crippen molar-refractivity contribution in [2.24, 2.45) is 0 Å². The van der Waals surface area contributed by atoms with E-state index in [2.05, 4.69) is 36.4 Å². The summed E-state index contributed by atoms with van der Waals surface area (Å²) in [6.07, 6.45) is 1.79. The molecular weight excluding hydrogens is 540 g/mol. The van der Waals surface area contributed by atoms with Gasteiger partial charge in [0.2, 0.25) is 0 Å². The number of benzene rings is 5. The average Bonchev–Trinajstić information content (AvgIpc) is 3.11. The first-order chi connectivity index (χ1) is 21.7. The third-order valence-electron chi connectivity index (χ3n) is 7.73. The lowest BCUT2D eigenvalue weighted by Crippen LogP contribution is -2.00. The molecule has 0 saturated carbocycles. The van der Waals surface area contributed by atoms with Gasteiger partial charge >= 0.3 is 0 Å². The minimum absolute atomic E-state index is 0.583. The maximum Gasteiger partial charge on any atom is 0.164 e. The molecule has 0 atom stereocenters. The van der Waals surface area contributed by atoms with Crippen LogP contribution in [0, 0.1) is 11.3 Å². The van der Waals surface area contributed by atoms with Gasteiger partial charge in [0.1, 0.15) is 0 Å². The number of hydrogen-bond acceptors (Lipinski definition) is 6. The Morgan fingerprint density at radius 3 is 1.84 bits per heavy atom. The molecule has 0 amide bonds. The van der Waals surface area contributed by atoms with E-state index in [0.717, 1.165) is 60.5 Å². The van der Waals surface area contributed by atoms with Crippen molar-refractivity contribution in [3.05, 3.63) is 139 Å². The van der Waals surface area contributed by atoms with Crippen molar-refractivity contribution in [2.45, 2.75) is 0 Å².